The number of ether oxygens (including phenoxy) is 1. The van der Waals surface area contributed by atoms with Crippen molar-refractivity contribution < 1.29 is 18.7 Å². The van der Waals surface area contributed by atoms with Crippen LogP contribution < -0.4 is 10.1 Å². The highest BCUT2D eigenvalue weighted by Gasteiger charge is 2.33. The number of carbonyl (C=O) groups is 2. The van der Waals surface area contributed by atoms with Gasteiger partial charge in [-0.2, -0.15) is 0 Å². The summed E-state index contributed by atoms with van der Waals surface area (Å²) in [6.45, 7) is 3.33. The number of carbonyl (C=O) groups excluding carboxylic acids is 2. The molecule has 1 aliphatic heterocycles. The van der Waals surface area contributed by atoms with Gasteiger partial charge in [-0.15, -0.1) is 0 Å². The molecule has 2 amide bonds. The second kappa shape index (κ2) is 8.56. The van der Waals surface area contributed by atoms with Crippen LogP contribution in [0.15, 0.2) is 47.1 Å². The molecule has 1 atom stereocenters. The van der Waals surface area contributed by atoms with Crippen LogP contribution in [0.2, 0.25) is 0 Å². The Kier molecular flexibility index (Phi) is 5.94. The minimum absolute atomic E-state index is 0.141. The van der Waals surface area contributed by atoms with Crippen molar-refractivity contribution in [1.82, 2.24) is 10.2 Å². The molecule has 26 heavy (non-hydrogen) atoms. The lowest BCUT2D eigenvalue weighted by atomic mass is 10.0. The summed E-state index contributed by atoms with van der Waals surface area (Å²) in [7, 11) is 0. The van der Waals surface area contributed by atoms with Gasteiger partial charge in [0.1, 0.15) is 18.4 Å². The maximum absolute atomic E-state index is 12.6. The minimum Gasteiger partial charge on any atom is -0.491 e. The summed E-state index contributed by atoms with van der Waals surface area (Å²) in [6.07, 6.45) is 3.96. The van der Waals surface area contributed by atoms with Crippen LogP contribution in [0.5, 0.6) is 5.75 Å². The van der Waals surface area contributed by atoms with E-state index in [1.165, 1.54) is 6.26 Å². The summed E-state index contributed by atoms with van der Waals surface area (Å²) < 4.78 is 10.9. The molecule has 1 fully saturated rings. The zero-order chi connectivity index (χ0) is 18.4. The Morgan fingerprint density at radius 2 is 2.08 bits per heavy atom. The van der Waals surface area contributed by atoms with E-state index >= 15 is 0 Å². The molecule has 138 valence electrons. The second-order valence-corrected chi connectivity index (χ2v) is 6.39. The van der Waals surface area contributed by atoms with Crippen molar-refractivity contribution in [3.63, 3.8) is 0 Å². The average Bonchev–Trinajstić information content (AvgIpc) is 3.20. The Hall–Kier alpha value is -2.76. The van der Waals surface area contributed by atoms with Crippen LogP contribution >= 0.6 is 0 Å². The fraction of sp³-hybridized carbons (Fsp3) is 0.400. The first-order chi connectivity index (χ1) is 12.7. The number of nitrogens with one attached hydrogen (secondary N) is 1. The van der Waals surface area contributed by atoms with Gasteiger partial charge in [-0.05, 0) is 49.9 Å². The summed E-state index contributed by atoms with van der Waals surface area (Å²) in [6, 6.07) is 10.6. The van der Waals surface area contributed by atoms with Crippen molar-refractivity contribution in [3.05, 3.63) is 54.0 Å². The smallest absolute Gasteiger partial charge is 0.290 e. The number of hydrogen-bond donors (Lipinski definition) is 1. The van der Waals surface area contributed by atoms with E-state index in [1.54, 1.807) is 17.0 Å². The fourth-order valence-corrected chi connectivity index (χ4v) is 3.16. The molecule has 0 spiro atoms. The number of hydrogen-bond acceptors (Lipinski definition) is 4. The van der Waals surface area contributed by atoms with E-state index in [0.717, 1.165) is 24.2 Å². The first kappa shape index (κ1) is 18.0. The molecule has 0 radical (unpaired) electrons. The van der Waals surface area contributed by atoms with Gasteiger partial charge in [0.2, 0.25) is 5.91 Å². The predicted octanol–water partition coefficient (Wildman–Crippen LogP) is 2.78. The van der Waals surface area contributed by atoms with Gasteiger partial charge < -0.3 is 19.4 Å². The van der Waals surface area contributed by atoms with Crippen LogP contribution in [0.3, 0.4) is 0 Å². The van der Waals surface area contributed by atoms with Crippen molar-refractivity contribution >= 4 is 11.8 Å². The Bertz CT molecular complexity index is 742. The fourth-order valence-electron chi connectivity index (χ4n) is 3.16. The van der Waals surface area contributed by atoms with Crippen molar-refractivity contribution in [2.75, 3.05) is 19.7 Å². The predicted molar refractivity (Wildman–Crippen MR) is 97.1 cm³/mol. The molecule has 1 aromatic carbocycles. The molecular formula is C20H24N2O4. The molecule has 0 aliphatic carbocycles. The van der Waals surface area contributed by atoms with Crippen LogP contribution in [0.1, 0.15) is 35.4 Å². The van der Waals surface area contributed by atoms with E-state index in [0.29, 0.717) is 26.1 Å². The zero-order valence-corrected chi connectivity index (χ0v) is 14.9. The number of benzene rings is 1. The summed E-state index contributed by atoms with van der Waals surface area (Å²) in [5.74, 6) is 0.714. The number of likely N-dealkylation sites (tertiary alicyclic amines) is 1. The van der Waals surface area contributed by atoms with Gasteiger partial charge in [0.25, 0.3) is 5.91 Å². The summed E-state index contributed by atoms with van der Waals surface area (Å²) in [5, 5.41) is 2.88. The Morgan fingerprint density at radius 1 is 1.23 bits per heavy atom. The van der Waals surface area contributed by atoms with E-state index in [4.69, 9.17) is 9.15 Å². The van der Waals surface area contributed by atoms with E-state index in [-0.39, 0.29) is 17.6 Å². The van der Waals surface area contributed by atoms with Gasteiger partial charge in [-0.25, -0.2) is 0 Å². The van der Waals surface area contributed by atoms with Crippen LogP contribution in [0.4, 0.5) is 0 Å². The number of para-hydroxylation sites is 1. The Balaban J connectivity index is 1.52. The topological polar surface area (TPSA) is 71.8 Å². The standard InChI is InChI=1S/C20H24N2O4/c1-15-7-2-3-9-17(15)26-14-11-21-19(23)16-8-4-5-12-22(16)20(24)18-10-6-13-25-18/h2-3,6-7,9-10,13,16H,4-5,8,11-12,14H2,1H3,(H,21,23). The molecule has 1 saturated heterocycles. The first-order valence-corrected chi connectivity index (χ1v) is 8.97. The molecule has 6 nitrogen and oxygen atoms in total. The average molecular weight is 356 g/mol. The molecule has 1 aliphatic rings. The summed E-state index contributed by atoms with van der Waals surface area (Å²) in [5.41, 5.74) is 1.06. The quantitative estimate of drug-likeness (QED) is 0.808. The zero-order valence-electron chi connectivity index (χ0n) is 14.9. The van der Waals surface area contributed by atoms with Crippen molar-refractivity contribution in [3.8, 4) is 5.75 Å². The molecule has 0 bridgehead atoms. The summed E-state index contributed by atoms with van der Waals surface area (Å²) in [4.78, 5) is 26.7. The highest BCUT2D eigenvalue weighted by molar-refractivity contribution is 5.95. The molecule has 2 aromatic rings. The second-order valence-electron chi connectivity index (χ2n) is 6.39. The maximum Gasteiger partial charge on any atom is 0.290 e. The largest absolute Gasteiger partial charge is 0.491 e. The molecule has 1 aromatic heterocycles. The lowest BCUT2D eigenvalue weighted by Gasteiger charge is -2.34. The number of furan rings is 1. The van der Waals surface area contributed by atoms with Gasteiger partial charge in [0.15, 0.2) is 5.76 Å². The van der Waals surface area contributed by atoms with Crippen molar-refractivity contribution in [2.45, 2.75) is 32.2 Å². The highest BCUT2D eigenvalue weighted by atomic mass is 16.5. The summed E-state index contributed by atoms with van der Waals surface area (Å²) >= 11 is 0. The highest BCUT2D eigenvalue weighted by Crippen LogP contribution is 2.20. The van der Waals surface area contributed by atoms with E-state index in [1.807, 2.05) is 31.2 Å². The normalized spacial score (nSPS) is 17.0. The van der Waals surface area contributed by atoms with Gasteiger partial charge in [-0.3, -0.25) is 9.59 Å². The molecule has 6 heteroatoms. The van der Waals surface area contributed by atoms with E-state index < -0.39 is 6.04 Å². The van der Waals surface area contributed by atoms with Crippen molar-refractivity contribution in [2.24, 2.45) is 0 Å². The molecule has 0 saturated carbocycles. The van der Waals surface area contributed by atoms with Gasteiger partial charge in [0, 0.05) is 6.54 Å². The Labute approximate surface area is 153 Å². The molecule has 3 rings (SSSR count). The SMILES string of the molecule is Cc1ccccc1OCCNC(=O)C1CCCCN1C(=O)c1ccco1. The number of amides is 2. The third kappa shape index (κ3) is 4.25. The van der Waals surface area contributed by atoms with Crippen LogP contribution in [-0.2, 0) is 4.79 Å². The number of piperidine rings is 1. The lowest BCUT2D eigenvalue weighted by Crippen LogP contribution is -2.52. The van der Waals surface area contributed by atoms with Gasteiger partial charge in [0.05, 0.1) is 12.8 Å². The van der Waals surface area contributed by atoms with Gasteiger partial charge >= 0.3 is 0 Å². The monoisotopic (exact) mass is 356 g/mol. The van der Waals surface area contributed by atoms with E-state index in [2.05, 4.69) is 5.32 Å². The lowest BCUT2D eigenvalue weighted by molar-refractivity contribution is -0.126. The van der Waals surface area contributed by atoms with Crippen LogP contribution in [0, 0.1) is 6.92 Å². The number of rotatable bonds is 6. The number of aryl methyl sites for hydroxylation is 1. The maximum atomic E-state index is 12.6. The minimum atomic E-state index is -0.459. The van der Waals surface area contributed by atoms with Crippen LogP contribution in [0.25, 0.3) is 0 Å². The van der Waals surface area contributed by atoms with Crippen LogP contribution in [-0.4, -0.2) is 42.5 Å². The van der Waals surface area contributed by atoms with Crippen molar-refractivity contribution in [1.29, 1.82) is 0 Å². The molecule has 1 unspecified atom stereocenters. The Morgan fingerprint density at radius 3 is 2.85 bits per heavy atom. The first-order valence-electron chi connectivity index (χ1n) is 8.97. The molecule has 2 heterocycles. The number of nitrogens with zero attached hydrogens (tertiary/aromatic N) is 1. The third-order valence-electron chi connectivity index (χ3n) is 4.55. The third-order valence-corrected chi connectivity index (χ3v) is 4.55. The molecule has 1 N–H and O–H groups in total. The van der Waals surface area contributed by atoms with E-state index in [9.17, 15) is 9.59 Å². The molecular weight excluding hydrogens is 332 g/mol. The van der Waals surface area contributed by atoms with Gasteiger partial charge in [-0.1, -0.05) is 18.2 Å².